The zero-order valence-corrected chi connectivity index (χ0v) is 16.2. The van der Waals surface area contributed by atoms with Gasteiger partial charge in [0.25, 0.3) is 0 Å². The number of aromatic hydroxyl groups is 1. The van der Waals surface area contributed by atoms with E-state index in [9.17, 15) is 9.90 Å². The van der Waals surface area contributed by atoms with Crippen LogP contribution in [0.5, 0.6) is 17.2 Å². The molecule has 26 heavy (non-hydrogen) atoms. The SMILES string of the molecule is COc1c(OCC=C(C)CCC=C(C)C)cc(O)c2c1C[C@H](C)OC2=O. The third-order valence-corrected chi connectivity index (χ3v) is 4.29. The second-order valence-corrected chi connectivity index (χ2v) is 6.88. The lowest BCUT2D eigenvalue weighted by atomic mass is 9.96. The fraction of sp³-hybridized carbons (Fsp3) is 0.476. The van der Waals surface area contributed by atoms with Crippen LogP contribution in [0.4, 0.5) is 0 Å². The summed E-state index contributed by atoms with van der Waals surface area (Å²) >= 11 is 0. The van der Waals surface area contributed by atoms with E-state index in [1.807, 2.05) is 13.0 Å². The molecule has 1 heterocycles. The van der Waals surface area contributed by atoms with Crippen LogP contribution in [0.25, 0.3) is 0 Å². The largest absolute Gasteiger partial charge is 0.507 e. The zero-order valence-electron chi connectivity index (χ0n) is 16.2. The molecule has 5 nitrogen and oxygen atoms in total. The van der Waals surface area contributed by atoms with Crippen LogP contribution in [0.1, 0.15) is 56.5 Å². The van der Waals surface area contributed by atoms with Gasteiger partial charge < -0.3 is 19.3 Å². The Bertz CT molecular complexity index is 726. The molecule has 0 fully saturated rings. The number of benzene rings is 1. The summed E-state index contributed by atoms with van der Waals surface area (Å²) in [6.07, 6.45) is 6.43. The van der Waals surface area contributed by atoms with Gasteiger partial charge >= 0.3 is 5.97 Å². The van der Waals surface area contributed by atoms with E-state index in [4.69, 9.17) is 14.2 Å². The molecule has 1 atom stereocenters. The van der Waals surface area contributed by atoms with Crippen LogP contribution in [-0.4, -0.2) is 30.9 Å². The molecule has 0 spiro atoms. The summed E-state index contributed by atoms with van der Waals surface area (Å²) < 4.78 is 16.5. The Hall–Kier alpha value is -2.43. The third-order valence-electron chi connectivity index (χ3n) is 4.29. The number of ether oxygens (including phenoxy) is 3. The van der Waals surface area contributed by atoms with Crippen LogP contribution < -0.4 is 9.47 Å². The molecule has 0 amide bonds. The van der Waals surface area contributed by atoms with Gasteiger partial charge in [-0.15, -0.1) is 0 Å². The Labute approximate surface area is 155 Å². The average molecular weight is 360 g/mol. The standard InChI is InChI=1S/C21H28O5/c1-13(2)7-6-8-14(3)9-10-25-18-12-17(22)19-16(20(18)24-5)11-15(4)26-21(19)23/h7,9,12,15,22H,6,8,10-11H2,1-5H3/t15-/m0/s1. The number of allylic oxidation sites excluding steroid dienone is 3. The minimum Gasteiger partial charge on any atom is -0.507 e. The van der Waals surface area contributed by atoms with Gasteiger partial charge in [-0.3, -0.25) is 0 Å². The molecule has 0 bridgehead atoms. The maximum Gasteiger partial charge on any atom is 0.342 e. The van der Waals surface area contributed by atoms with Gasteiger partial charge in [-0.05, 0) is 46.6 Å². The van der Waals surface area contributed by atoms with Gasteiger partial charge in [0, 0.05) is 18.1 Å². The summed E-state index contributed by atoms with van der Waals surface area (Å²) in [5.41, 5.74) is 3.35. The second-order valence-electron chi connectivity index (χ2n) is 6.88. The van der Waals surface area contributed by atoms with Crippen molar-refractivity contribution in [1.82, 2.24) is 0 Å². The van der Waals surface area contributed by atoms with Crippen molar-refractivity contribution in [2.75, 3.05) is 13.7 Å². The highest BCUT2D eigenvalue weighted by Gasteiger charge is 2.31. The Morgan fingerprint density at radius 1 is 1.35 bits per heavy atom. The Morgan fingerprint density at radius 2 is 2.08 bits per heavy atom. The Morgan fingerprint density at radius 3 is 2.73 bits per heavy atom. The number of phenolic OH excluding ortho intramolecular Hbond substituents is 1. The number of esters is 1. The molecule has 1 aromatic carbocycles. The van der Waals surface area contributed by atoms with Crippen molar-refractivity contribution in [1.29, 1.82) is 0 Å². The number of phenols is 1. The molecule has 0 radical (unpaired) electrons. The highest BCUT2D eigenvalue weighted by Crippen LogP contribution is 2.42. The van der Waals surface area contributed by atoms with Gasteiger partial charge in [0.1, 0.15) is 24.0 Å². The summed E-state index contributed by atoms with van der Waals surface area (Å²) in [5.74, 6) is 0.240. The molecule has 0 unspecified atom stereocenters. The predicted octanol–water partition coefficient (Wildman–Crippen LogP) is 4.57. The van der Waals surface area contributed by atoms with E-state index >= 15 is 0 Å². The van der Waals surface area contributed by atoms with Crippen LogP contribution in [-0.2, 0) is 11.2 Å². The highest BCUT2D eigenvalue weighted by molar-refractivity contribution is 5.96. The fourth-order valence-electron chi connectivity index (χ4n) is 2.97. The molecule has 2 rings (SSSR count). The van der Waals surface area contributed by atoms with Crippen LogP contribution in [0.2, 0.25) is 0 Å². The molecule has 0 saturated heterocycles. The van der Waals surface area contributed by atoms with E-state index in [1.165, 1.54) is 24.3 Å². The van der Waals surface area contributed by atoms with Crippen molar-refractivity contribution in [3.05, 3.63) is 40.5 Å². The average Bonchev–Trinajstić information content (AvgIpc) is 2.53. The van der Waals surface area contributed by atoms with E-state index in [2.05, 4.69) is 26.8 Å². The number of methoxy groups -OCH3 is 1. The molecule has 0 aromatic heterocycles. The molecule has 1 aliphatic heterocycles. The second kappa shape index (κ2) is 8.79. The number of carbonyl (C=O) groups is 1. The minimum atomic E-state index is -0.531. The Balaban J connectivity index is 2.15. The van der Waals surface area contributed by atoms with Gasteiger partial charge in [0.05, 0.1) is 7.11 Å². The van der Waals surface area contributed by atoms with Crippen LogP contribution in [0.15, 0.2) is 29.4 Å². The first-order chi connectivity index (χ1) is 12.3. The van der Waals surface area contributed by atoms with Crippen molar-refractivity contribution >= 4 is 5.97 Å². The van der Waals surface area contributed by atoms with Gasteiger partial charge in [0.15, 0.2) is 11.5 Å². The van der Waals surface area contributed by atoms with E-state index < -0.39 is 5.97 Å². The first kappa shape index (κ1) is 19.9. The topological polar surface area (TPSA) is 65.0 Å². The molecule has 1 aromatic rings. The number of hydrogen-bond donors (Lipinski definition) is 1. The zero-order chi connectivity index (χ0) is 19.3. The number of carbonyl (C=O) groups excluding carboxylic acids is 1. The third kappa shape index (κ3) is 4.81. The van der Waals surface area contributed by atoms with Crippen molar-refractivity contribution in [2.45, 2.75) is 53.1 Å². The quantitative estimate of drug-likeness (QED) is 0.570. The fourth-order valence-corrected chi connectivity index (χ4v) is 2.97. The smallest absolute Gasteiger partial charge is 0.342 e. The number of cyclic esters (lactones) is 1. The van der Waals surface area contributed by atoms with Gasteiger partial charge in [-0.25, -0.2) is 4.79 Å². The molecule has 0 saturated carbocycles. The Kier molecular flexibility index (Phi) is 6.72. The summed E-state index contributed by atoms with van der Waals surface area (Å²) in [6.45, 7) is 8.43. The first-order valence-electron chi connectivity index (χ1n) is 8.89. The summed E-state index contributed by atoms with van der Waals surface area (Å²) in [4.78, 5) is 12.1. The van der Waals surface area contributed by atoms with E-state index in [0.29, 0.717) is 30.1 Å². The van der Waals surface area contributed by atoms with Crippen molar-refractivity contribution in [3.63, 3.8) is 0 Å². The van der Waals surface area contributed by atoms with Crippen molar-refractivity contribution < 1.29 is 24.1 Å². The first-order valence-corrected chi connectivity index (χ1v) is 8.89. The molecular formula is C21H28O5. The molecule has 5 heteroatoms. The van der Waals surface area contributed by atoms with Crippen LogP contribution in [0, 0.1) is 0 Å². The van der Waals surface area contributed by atoms with Crippen LogP contribution >= 0.6 is 0 Å². The monoisotopic (exact) mass is 360 g/mol. The van der Waals surface area contributed by atoms with E-state index in [1.54, 1.807) is 0 Å². The summed E-state index contributed by atoms with van der Waals surface area (Å²) in [5, 5.41) is 10.2. The molecule has 1 aliphatic rings. The maximum atomic E-state index is 12.1. The van der Waals surface area contributed by atoms with Crippen LogP contribution in [0.3, 0.4) is 0 Å². The van der Waals surface area contributed by atoms with E-state index in [-0.39, 0.29) is 17.4 Å². The number of fused-ring (bicyclic) bond motifs is 1. The minimum absolute atomic E-state index is 0.142. The highest BCUT2D eigenvalue weighted by atomic mass is 16.5. The van der Waals surface area contributed by atoms with Gasteiger partial charge in [-0.1, -0.05) is 17.2 Å². The van der Waals surface area contributed by atoms with Gasteiger partial charge in [0.2, 0.25) is 0 Å². The summed E-state index contributed by atoms with van der Waals surface area (Å²) in [6, 6.07) is 1.42. The number of rotatable bonds is 7. The summed E-state index contributed by atoms with van der Waals surface area (Å²) in [7, 11) is 1.53. The molecule has 0 aliphatic carbocycles. The number of hydrogen-bond acceptors (Lipinski definition) is 5. The van der Waals surface area contributed by atoms with E-state index in [0.717, 1.165) is 12.8 Å². The van der Waals surface area contributed by atoms with Gasteiger partial charge in [-0.2, -0.15) is 0 Å². The van der Waals surface area contributed by atoms with Crippen molar-refractivity contribution in [3.8, 4) is 17.2 Å². The molecule has 1 N–H and O–H groups in total. The van der Waals surface area contributed by atoms with Crippen molar-refractivity contribution in [2.24, 2.45) is 0 Å². The normalized spacial score (nSPS) is 16.6. The molecule has 142 valence electrons. The maximum absolute atomic E-state index is 12.1. The lowest BCUT2D eigenvalue weighted by molar-refractivity contribution is 0.0293. The predicted molar refractivity (Wildman–Crippen MR) is 101 cm³/mol. The lowest BCUT2D eigenvalue weighted by Gasteiger charge is -2.25. The molecular weight excluding hydrogens is 332 g/mol. The lowest BCUT2D eigenvalue weighted by Crippen LogP contribution is -2.26.